The molecule has 0 N–H and O–H groups in total. The summed E-state index contributed by atoms with van der Waals surface area (Å²) in [5.74, 6) is 0.142. The molecule has 0 spiro atoms. The third-order valence-corrected chi connectivity index (χ3v) is 19.0. The van der Waals surface area contributed by atoms with Crippen molar-refractivity contribution in [3.8, 4) is 12.1 Å². The normalized spacial score (nSPS) is 11.9. The molecule has 1 fully saturated rings. The molecule has 13 heterocycles. The SMILES string of the molecule is CC(=O)OCCOCCn1ccnc1.CCOC(C)OCCn1ccnc1.COC(=O)COCCn1ccnc1.COC(=O)OCCOCCn1ccnc1.COC(C)Cn1ccnc1.COCCCn1ccnc1.COCCOCOCCn1ccnc1.COCOC(C)Cn1ccnc1.CSCOCCn1ccnc1.N#CCCOCCn1ccnc1.N#CCOCCn1ccnc1.c1cn(CCOC2CCCCO2)cn1. The first-order chi connectivity index (χ1) is 73.0. The number of imidazole rings is 12. The summed E-state index contributed by atoms with van der Waals surface area (Å²) in [6.45, 7) is 30.8. The highest BCUT2D eigenvalue weighted by Crippen LogP contribution is 2.14. The number of aromatic nitrogens is 24. The number of carbonyl (C=O) groups is 3. The van der Waals surface area contributed by atoms with Crippen molar-refractivity contribution >= 4 is 29.9 Å². The summed E-state index contributed by atoms with van der Waals surface area (Å²) < 4.78 is 129. The number of hydrogen-bond acceptors (Lipinski definition) is 39. The van der Waals surface area contributed by atoms with Gasteiger partial charge in [0.05, 0.1) is 219 Å². The molecule has 4 atom stereocenters. The van der Waals surface area contributed by atoms with Crippen LogP contribution in [0, 0.1) is 22.7 Å². The van der Waals surface area contributed by atoms with Gasteiger partial charge in [0.15, 0.2) is 12.6 Å². The van der Waals surface area contributed by atoms with Crippen LogP contribution in [0.4, 0.5) is 4.79 Å². The van der Waals surface area contributed by atoms with Gasteiger partial charge in [-0.15, -0.1) is 11.8 Å². The molecule has 50 nitrogen and oxygen atoms in total. The monoisotopic (exact) mass is 2120 g/mol. The van der Waals surface area contributed by atoms with Crippen LogP contribution in [0.2, 0.25) is 0 Å². The Kier molecular flexibility index (Phi) is 87.7. The molecule has 1 aliphatic rings. The lowest BCUT2D eigenvalue weighted by Gasteiger charge is -2.22. The predicted octanol–water partition coefficient (Wildman–Crippen LogP) is 9.63. The van der Waals surface area contributed by atoms with Crippen molar-refractivity contribution in [3.05, 3.63) is 225 Å². The smallest absolute Gasteiger partial charge is 0.467 e. The Morgan fingerprint density at radius 1 is 0.376 bits per heavy atom. The van der Waals surface area contributed by atoms with Crippen LogP contribution in [0.25, 0.3) is 0 Å². The van der Waals surface area contributed by atoms with E-state index >= 15 is 0 Å². The van der Waals surface area contributed by atoms with Crippen LogP contribution in [0.3, 0.4) is 0 Å². The predicted molar refractivity (Wildman–Crippen MR) is 549 cm³/mol. The van der Waals surface area contributed by atoms with E-state index in [1.165, 1.54) is 34.0 Å². The van der Waals surface area contributed by atoms with Crippen molar-refractivity contribution in [1.82, 2.24) is 115 Å². The first-order valence-corrected chi connectivity index (χ1v) is 49.7. The maximum absolute atomic E-state index is 10.6. The third kappa shape index (κ3) is 83.0. The zero-order valence-electron chi connectivity index (χ0n) is 88.4. The number of rotatable bonds is 61. The number of methoxy groups -OCH3 is 6. The molecule has 13 rings (SSSR count). The largest absolute Gasteiger partial charge is 0.508 e. The first kappa shape index (κ1) is 132. The lowest BCUT2D eigenvalue weighted by Crippen LogP contribution is -2.23. The molecule has 149 heavy (non-hydrogen) atoms. The molecule has 4 unspecified atom stereocenters. The summed E-state index contributed by atoms with van der Waals surface area (Å²) in [5.41, 5.74) is 0. The molecule has 1 aliphatic heterocycles. The van der Waals surface area contributed by atoms with Crippen LogP contribution in [0.5, 0.6) is 0 Å². The van der Waals surface area contributed by atoms with Gasteiger partial charge in [0.25, 0.3) is 0 Å². The quantitative estimate of drug-likeness (QED) is 0.0148. The molecule has 0 aromatic carbocycles. The van der Waals surface area contributed by atoms with Crippen LogP contribution in [0.15, 0.2) is 225 Å². The molecule has 0 aliphatic carbocycles. The third-order valence-electron chi connectivity index (χ3n) is 18.6. The second-order valence-electron chi connectivity index (χ2n) is 30.3. The highest BCUT2D eigenvalue weighted by molar-refractivity contribution is 7.98. The number of ether oxygens (including phenoxy) is 21. The molecule has 830 valence electrons. The highest BCUT2D eigenvalue weighted by Gasteiger charge is 2.14. The van der Waals surface area contributed by atoms with E-state index in [1.807, 2.05) is 182 Å². The highest BCUT2D eigenvalue weighted by atomic mass is 32.2. The average Bonchev–Trinajstić information content (AvgIpc) is 1.94. The van der Waals surface area contributed by atoms with E-state index in [1.54, 1.807) is 184 Å². The molecule has 0 bridgehead atoms. The Morgan fingerprint density at radius 2 is 0.752 bits per heavy atom. The standard InChI is InChI=1S/C10H16N2O2.C9H14N2O4.C9H16N2O3.C9H14N2O3.C9H16N2O2.C8H11N3O.C8H12N2O3.C8H14N2O2.C7H9N3O.C7H12N2OS.2C7H12N2O/c1-2-7-13-10(3-1)14-8-6-12-5-4-11-9-12;1-13-9(12)15-7-6-14-5-4-11-3-2-10-8-11;1-12-6-7-14-9-13-5-4-11-3-2-10-8-11;1-9(12)14-7-6-13-5-4-11-3-2-10-8-11;1-3-12-9(2)13-7-6-11-5-4-10-8-11;9-2-1-6-12-7-5-11-4-3-10-8-11;1-12-8(11)6-13-5-4-10-3-2-9-7-10;1-8(12-7-11-2)5-10-4-3-9-6-10;8-1-5-11-6-4-10-3-2-9-7-10;1-11-7-10-5-4-9-3-2-8-6-9;1-7(10-2)5-9-4-3-8-6-9;1-10-6-2-4-9-5-3-8-7-9/h4-5,9-10H,1-3,6-8H2;2-3,8H,4-7H2,1H3;2-3,8H,4-7,9H2,1H3;2-3,8H,4-7H2,1H3;4-5,8-9H,3,6-7H2,1-2H3;3-4,8H,1,5-7H2;2-3,7H,4-6H2,1H3;3-4,6,8H,5,7H2,1-2H3;2-3,7H,4-6H2;2-3,6H,4-5,7H2,1H3;3-4,6-7H,5H2,1-2H3;3,5,7H,2,4,6H2,1H3. The van der Waals surface area contributed by atoms with Crippen molar-refractivity contribution in [1.29, 1.82) is 10.5 Å². The lowest BCUT2D eigenvalue weighted by atomic mass is 10.2. The fraction of sp³-hybridized carbons (Fsp3) is 0.582. The van der Waals surface area contributed by atoms with E-state index in [9.17, 15) is 14.4 Å². The lowest BCUT2D eigenvalue weighted by molar-refractivity contribution is -0.163. The summed E-state index contributed by atoms with van der Waals surface area (Å²) in [5, 5.41) is 16.3. The summed E-state index contributed by atoms with van der Waals surface area (Å²) in [6.07, 6.45) is 71.4. The van der Waals surface area contributed by atoms with Gasteiger partial charge in [0.1, 0.15) is 40.0 Å². The molecule has 0 amide bonds. The minimum Gasteiger partial charge on any atom is -0.467 e. The van der Waals surface area contributed by atoms with Crippen molar-refractivity contribution in [3.63, 3.8) is 0 Å². The first-order valence-electron chi connectivity index (χ1n) is 48.4. The molecule has 0 radical (unpaired) electrons. The van der Waals surface area contributed by atoms with E-state index in [0.29, 0.717) is 126 Å². The maximum Gasteiger partial charge on any atom is 0.508 e. The second-order valence-corrected chi connectivity index (χ2v) is 31.1. The van der Waals surface area contributed by atoms with Crippen molar-refractivity contribution in [2.45, 2.75) is 170 Å². The van der Waals surface area contributed by atoms with Gasteiger partial charge in [0.2, 0.25) is 0 Å². The number of hydrogen-bond donors (Lipinski definition) is 0. The molecular formula is C98H158N26O24S. The van der Waals surface area contributed by atoms with Gasteiger partial charge in [0, 0.05) is 282 Å². The zero-order chi connectivity index (χ0) is 108. The molecular weight excluding hydrogens is 1960 g/mol. The van der Waals surface area contributed by atoms with Gasteiger partial charge in [-0.3, -0.25) is 4.79 Å². The fourth-order valence-electron chi connectivity index (χ4n) is 10.9. The minimum atomic E-state index is -0.687. The molecule has 51 heteroatoms. The van der Waals surface area contributed by atoms with Crippen molar-refractivity contribution < 1.29 is 114 Å². The van der Waals surface area contributed by atoms with Gasteiger partial charge < -0.3 is 154 Å². The van der Waals surface area contributed by atoms with E-state index in [2.05, 4.69) is 74.0 Å². The van der Waals surface area contributed by atoms with Gasteiger partial charge in [-0.2, -0.15) is 10.5 Å². The van der Waals surface area contributed by atoms with Crippen molar-refractivity contribution in [2.24, 2.45) is 0 Å². The summed E-state index contributed by atoms with van der Waals surface area (Å²) >= 11 is 1.69. The van der Waals surface area contributed by atoms with Crippen molar-refractivity contribution in [2.75, 3.05) is 207 Å². The minimum absolute atomic E-state index is 0.00516. The molecule has 1 saturated heterocycles. The molecule has 0 saturated carbocycles. The van der Waals surface area contributed by atoms with Crippen LogP contribution < -0.4 is 0 Å². The second kappa shape index (κ2) is 98.7. The Hall–Kier alpha value is -12.6. The topological polar surface area (TPSA) is 506 Å². The van der Waals surface area contributed by atoms with E-state index < -0.39 is 6.16 Å². The van der Waals surface area contributed by atoms with Gasteiger partial charge in [-0.25, -0.2) is 69.4 Å². The van der Waals surface area contributed by atoms with Crippen LogP contribution in [0.1, 0.15) is 66.7 Å². The molecule has 12 aromatic heterocycles. The number of aryl methyl sites for hydroxylation is 1. The summed E-state index contributed by atoms with van der Waals surface area (Å²) in [6, 6.07) is 3.92. The van der Waals surface area contributed by atoms with Gasteiger partial charge >= 0.3 is 18.1 Å². The van der Waals surface area contributed by atoms with Crippen LogP contribution >= 0.6 is 11.8 Å². The van der Waals surface area contributed by atoms with Crippen LogP contribution in [-0.2, 0) is 188 Å². The Labute approximate surface area is 878 Å². The molecule has 12 aromatic rings. The maximum atomic E-state index is 10.6. The fourth-order valence-corrected chi connectivity index (χ4v) is 11.2. The number of nitriles is 2. The Balaban J connectivity index is 0.000000550. The Morgan fingerprint density at radius 3 is 1.12 bits per heavy atom. The number of esters is 2. The number of nitrogens with zero attached hydrogens (tertiary/aromatic N) is 26. The average molecular weight is 2120 g/mol. The summed E-state index contributed by atoms with van der Waals surface area (Å²) in [7, 11) is 9.28. The van der Waals surface area contributed by atoms with E-state index in [4.69, 9.17) is 95.8 Å². The zero-order valence-corrected chi connectivity index (χ0v) is 89.2. The van der Waals surface area contributed by atoms with Gasteiger partial charge in [-0.1, -0.05) is 0 Å². The van der Waals surface area contributed by atoms with E-state index in [-0.39, 0.29) is 56.5 Å². The Bertz CT molecular complexity index is 4760. The number of thioether (sulfide) groups is 1. The van der Waals surface area contributed by atoms with Crippen LogP contribution in [-0.4, -0.2) is 365 Å². The summed E-state index contributed by atoms with van der Waals surface area (Å²) in [4.78, 5) is 78.4. The number of carbonyl (C=O) groups excluding carboxylic acids is 3. The van der Waals surface area contributed by atoms with E-state index in [0.717, 1.165) is 111 Å². The van der Waals surface area contributed by atoms with Gasteiger partial charge in [-0.05, 0) is 59.6 Å².